The second kappa shape index (κ2) is 5.16. The van der Waals surface area contributed by atoms with Gasteiger partial charge in [0.15, 0.2) is 0 Å². The van der Waals surface area contributed by atoms with Crippen LogP contribution in [0.1, 0.15) is 24.8 Å². The average Bonchev–Trinajstić information content (AvgIpc) is 2.29. The largest absolute Gasteiger partial charge is 0.316 e. The number of rotatable bonds is 3. The van der Waals surface area contributed by atoms with Crippen LogP contribution < -0.4 is 5.32 Å². The Morgan fingerprint density at radius 2 is 2.07 bits per heavy atom. The highest BCUT2D eigenvalue weighted by molar-refractivity contribution is 5.14. The number of piperidine rings is 1. The molecule has 1 N–H and O–H groups in total. The zero-order valence-corrected chi connectivity index (χ0v) is 8.71. The summed E-state index contributed by atoms with van der Waals surface area (Å²) >= 11 is 0. The molecule has 0 bridgehead atoms. The highest BCUT2D eigenvalue weighted by atomic mass is 14.9. The van der Waals surface area contributed by atoms with Gasteiger partial charge in [-0.1, -0.05) is 30.3 Å². The molecule has 1 atom stereocenters. The van der Waals surface area contributed by atoms with Crippen molar-refractivity contribution in [1.29, 1.82) is 0 Å². The van der Waals surface area contributed by atoms with Gasteiger partial charge in [0.1, 0.15) is 0 Å². The Morgan fingerprint density at radius 3 is 2.79 bits per heavy atom. The van der Waals surface area contributed by atoms with Crippen molar-refractivity contribution in [2.75, 3.05) is 13.1 Å². The molecular weight excluding hydrogens is 170 g/mol. The molecule has 2 rings (SSSR count). The molecule has 1 fully saturated rings. The third-order valence-electron chi connectivity index (χ3n) is 3.08. The Morgan fingerprint density at radius 1 is 1.21 bits per heavy atom. The molecule has 1 heterocycles. The lowest BCUT2D eigenvalue weighted by Crippen LogP contribution is -2.29. The number of benzene rings is 1. The van der Waals surface area contributed by atoms with Crippen molar-refractivity contribution in [3.63, 3.8) is 0 Å². The summed E-state index contributed by atoms with van der Waals surface area (Å²) < 4.78 is 0. The summed E-state index contributed by atoms with van der Waals surface area (Å²) in [6, 6.07) is 10.8. The zero-order chi connectivity index (χ0) is 9.64. The number of aryl methyl sites for hydroxylation is 1. The van der Waals surface area contributed by atoms with Gasteiger partial charge in [-0.25, -0.2) is 0 Å². The SMILES string of the molecule is c1ccc(CC[C@H]2CCCNC2)cc1. The average molecular weight is 189 g/mol. The van der Waals surface area contributed by atoms with E-state index in [0.29, 0.717) is 0 Å². The van der Waals surface area contributed by atoms with E-state index >= 15 is 0 Å². The molecule has 0 saturated carbocycles. The first-order valence-electron chi connectivity index (χ1n) is 5.70. The summed E-state index contributed by atoms with van der Waals surface area (Å²) in [6.07, 6.45) is 5.36. The Kier molecular flexibility index (Phi) is 3.58. The van der Waals surface area contributed by atoms with Gasteiger partial charge in [0.2, 0.25) is 0 Å². The molecule has 0 spiro atoms. The van der Waals surface area contributed by atoms with Crippen molar-refractivity contribution in [3.8, 4) is 0 Å². The molecule has 1 heteroatoms. The topological polar surface area (TPSA) is 12.0 Å². The molecule has 1 aliphatic rings. The van der Waals surface area contributed by atoms with Crippen LogP contribution in [0.5, 0.6) is 0 Å². The summed E-state index contributed by atoms with van der Waals surface area (Å²) in [5.74, 6) is 0.906. The van der Waals surface area contributed by atoms with Gasteiger partial charge in [-0.15, -0.1) is 0 Å². The maximum atomic E-state index is 3.47. The van der Waals surface area contributed by atoms with Gasteiger partial charge < -0.3 is 5.32 Å². The molecule has 14 heavy (non-hydrogen) atoms. The fraction of sp³-hybridized carbons (Fsp3) is 0.538. The van der Waals surface area contributed by atoms with Crippen LogP contribution in [0, 0.1) is 5.92 Å². The van der Waals surface area contributed by atoms with E-state index in [-0.39, 0.29) is 0 Å². The van der Waals surface area contributed by atoms with E-state index in [1.165, 1.54) is 44.3 Å². The van der Waals surface area contributed by atoms with Crippen LogP contribution in [-0.2, 0) is 6.42 Å². The van der Waals surface area contributed by atoms with Crippen molar-refractivity contribution in [1.82, 2.24) is 5.32 Å². The van der Waals surface area contributed by atoms with Crippen LogP contribution in [0.2, 0.25) is 0 Å². The van der Waals surface area contributed by atoms with Crippen molar-refractivity contribution in [3.05, 3.63) is 35.9 Å². The van der Waals surface area contributed by atoms with Gasteiger partial charge in [0.25, 0.3) is 0 Å². The van der Waals surface area contributed by atoms with E-state index in [2.05, 4.69) is 35.6 Å². The number of nitrogens with one attached hydrogen (secondary N) is 1. The first kappa shape index (κ1) is 9.72. The monoisotopic (exact) mass is 189 g/mol. The summed E-state index contributed by atoms with van der Waals surface area (Å²) in [4.78, 5) is 0. The molecule has 0 aromatic heterocycles. The van der Waals surface area contributed by atoms with Crippen LogP contribution >= 0.6 is 0 Å². The van der Waals surface area contributed by atoms with Crippen LogP contribution in [0.3, 0.4) is 0 Å². The van der Waals surface area contributed by atoms with Gasteiger partial charge >= 0.3 is 0 Å². The summed E-state index contributed by atoms with van der Waals surface area (Å²) in [7, 11) is 0. The standard InChI is InChI=1S/C13H19N/c1-2-5-12(6-3-1)8-9-13-7-4-10-14-11-13/h1-3,5-6,13-14H,4,7-11H2/t13-/m1/s1. The van der Waals surface area contributed by atoms with E-state index in [0.717, 1.165) is 5.92 Å². The fourth-order valence-corrected chi connectivity index (χ4v) is 2.19. The lowest BCUT2D eigenvalue weighted by atomic mass is 9.93. The van der Waals surface area contributed by atoms with Crippen molar-refractivity contribution < 1.29 is 0 Å². The molecule has 0 aliphatic carbocycles. The summed E-state index contributed by atoms with van der Waals surface area (Å²) in [5.41, 5.74) is 1.48. The second-order valence-corrected chi connectivity index (χ2v) is 4.24. The first-order valence-corrected chi connectivity index (χ1v) is 5.70. The minimum absolute atomic E-state index is 0.906. The van der Waals surface area contributed by atoms with Gasteiger partial charge in [-0.2, -0.15) is 0 Å². The maximum absolute atomic E-state index is 3.47. The Hall–Kier alpha value is -0.820. The fourth-order valence-electron chi connectivity index (χ4n) is 2.19. The third kappa shape index (κ3) is 2.85. The lowest BCUT2D eigenvalue weighted by Gasteiger charge is -2.22. The molecule has 1 aromatic carbocycles. The van der Waals surface area contributed by atoms with Crippen molar-refractivity contribution in [2.24, 2.45) is 5.92 Å². The molecule has 0 unspecified atom stereocenters. The van der Waals surface area contributed by atoms with E-state index in [1.54, 1.807) is 0 Å². The van der Waals surface area contributed by atoms with Crippen LogP contribution in [0.15, 0.2) is 30.3 Å². The maximum Gasteiger partial charge on any atom is -0.00204 e. The molecule has 1 nitrogen and oxygen atoms in total. The highest BCUT2D eigenvalue weighted by Crippen LogP contribution is 2.16. The normalized spacial score (nSPS) is 22.1. The zero-order valence-electron chi connectivity index (χ0n) is 8.71. The molecule has 76 valence electrons. The Balaban J connectivity index is 1.76. The third-order valence-corrected chi connectivity index (χ3v) is 3.08. The van der Waals surface area contributed by atoms with Crippen molar-refractivity contribution >= 4 is 0 Å². The number of hydrogen-bond donors (Lipinski definition) is 1. The minimum atomic E-state index is 0.906. The van der Waals surface area contributed by atoms with E-state index in [9.17, 15) is 0 Å². The quantitative estimate of drug-likeness (QED) is 0.770. The Bertz CT molecular complexity index is 249. The van der Waals surface area contributed by atoms with Crippen LogP contribution in [-0.4, -0.2) is 13.1 Å². The second-order valence-electron chi connectivity index (χ2n) is 4.24. The number of hydrogen-bond acceptors (Lipinski definition) is 1. The van der Waals surface area contributed by atoms with Gasteiger partial charge in [-0.3, -0.25) is 0 Å². The van der Waals surface area contributed by atoms with Gasteiger partial charge in [0.05, 0.1) is 0 Å². The highest BCUT2D eigenvalue weighted by Gasteiger charge is 2.12. The molecule has 1 aliphatic heterocycles. The molecule has 1 saturated heterocycles. The van der Waals surface area contributed by atoms with Crippen LogP contribution in [0.25, 0.3) is 0 Å². The Labute approximate surface area is 86.5 Å². The predicted octanol–water partition coefficient (Wildman–Crippen LogP) is 2.62. The molecular formula is C13H19N. The van der Waals surface area contributed by atoms with E-state index < -0.39 is 0 Å². The lowest BCUT2D eigenvalue weighted by molar-refractivity contribution is 0.358. The predicted molar refractivity (Wildman–Crippen MR) is 60.4 cm³/mol. The molecule has 0 amide bonds. The molecule has 1 aromatic rings. The minimum Gasteiger partial charge on any atom is -0.316 e. The van der Waals surface area contributed by atoms with Crippen LogP contribution in [0.4, 0.5) is 0 Å². The van der Waals surface area contributed by atoms with Gasteiger partial charge in [-0.05, 0) is 50.3 Å². The first-order chi connectivity index (χ1) is 6.95. The summed E-state index contributed by atoms with van der Waals surface area (Å²) in [6.45, 7) is 2.45. The van der Waals surface area contributed by atoms with E-state index in [4.69, 9.17) is 0 Å². The van der Waals surface area contributed by atoms with Gasteiger partial charge in [0, 0.05) is 0 Å². The smallest absolute Gasteiger partial charge is 0.00204 e. The van der Waals surface area contributed by atoms with Crippen molar-refractivity contribution in [2.45, 2.75) is 25.7 Å². The summed E-state index contributed by atoms with van der Waals surface area (Å²) in [5, 5.41) is 3.47. The molecule has 0 radical (unpaired) electrons. The van der Waals surface area contributed by atoms with E-state index in [1.807, 2.05) is 0 Å².